The van der Waals surface area contributed by atoms with Gasteiger partial charge in [-0.1, -0.05) is 17.7 Å². The summed E-state index contributed by atoms with van der Waals surface area (Å²) in [6.07, 6.45) is 4.23. The Bertz CT molecular complexity index is 1140. The molecule has 1 heterocycles. The molecular weight excluding hydrogens is 434 g/mol. The highest BCUT2D eigenvalue weighted by Gasteiger charge is 2.12. The summed E-state index contributed by atoms with van der Waals surface area (Å²) >= 11 is 6.34. The number of halogens is 1. The van der Waals surface area contributed by atoms with Crippen LogP contribution in [0.4, 0.5) is 5.69 Å². The Morgan fingerprint density at radius 2 is 1.75 bits per heavy atom. The van der Waals surface area contributed by atoms with Gasteiger partial charge in [0.1, 0.15) is 11.5 Å². The number of methoxy groups -OCH3 is 2. The first-order chi connectivity index (χ1) is 15.4. The topological polar surface area (TPSA) is 110 Å². The lowest BCUT2D eigenvalue weighted by molar-refractivity contribution is -0.124. The van der Waals surface area contributed by atoms with Gasteiger partial charge < -0.3 is 14.8 Å². The summed E-state index contributed by atoms with van der Waals surface area (Å²) in [4.78, 5) is 28.2. The molecule has 0 atom stereocenters. The molecule has 3 rings (SSSR count). The molecule has 0 aliphatic rings. The van der Waals surface area contributed by atoms with Crippen molar-refractivity contribution in [3.63, 3.8) is 0 Å². The van der Waals surface area contributed by atoms with Gasteiger partial charge in [0, 0.05) is 35.2 Å². The normalized spacial score (nSPS) is 10.6. The molecular formula is C23H20ClN3O5. The molecule has 164 valence electrons. The van der Waals surface area contributed by atoms with Crippen LogP contribution in [0.5, 0.6) is 11.5 Å². The van der Waals surface area contributed by atoms with E-state index in [2.05, 4.69) is 10.3 Å². The first-order valence-corrected chi connectivity index (χ1v) is 9.74. The molecule has 0 bridgehead atoms. The Balaban J connectivity index is 1.82. The van der Waals surface area contributed by atoms with E-state index in [9.17, 15) is 9.59 Å². The van der Waals surface area contributed by atoms with E-state index in [1.807, 2.05) is 0 Å². The van der Waals surface area contributed by atoms with Crippen LogP contribution in [-0.4, -0.2) is 36.2 Å². The Labute approximate surface area is 189 Å². The summed E-state index contributed by atoms with van der Waals surface area (Å²) in [6, 6.07) is 13.4. The first-order valence-electron chi connectivity index (χ1n) is 9.36. The molecule has 3 N–H and O–H groups in total. The summed E-state index contributed by atoms with van der Waals surface area (Å²) in [5.74, 6) is 0.0162. The van der Waals surface area contributed by atoms with Gasteiger partial charge in [0.05, 0.1) is 24.9 Å². The number of benzene rings is 2. The van der Waals surface area contributed by atoms with Crippen LogP contribution in [0.2, 0.25) is 5.02 Å². The van der Waals surface area contributed by atoms with Crippen molar-refractivity contribution in [2.45, 2.75) is 0 Å². The van der Waals surface area contributed by atoms with E-state index < -0.39 is 5.91 Å². The van der Waals surface area contributed by atoms with E-state index in [0.717, 1.165) is 0 Å². The number of pyridine rings is 1. The second-order valence-corrected chi connectivity index (χ2v) is 6.94. The SMILES string of the molecule is COc1cc(OC)cc(C(=O)Nc2ccc(Cl)c(-c3ccc(/C=C/C(=O)NO)cn3)c2)c1. The molecule has 0 saturated heterocycles. The van der Waals surface area contributed by atoms with Gasteiger partial charge in [-0.3, -0.25) is 19.8 Å². The highest BCUT2D eigenvalue weighted by atomic mass is 35.5. The number of carbonyl (C=O) groups is 2. The van der Waals surface area contributed by atoms with Crippen LogP contribution in [0, 0.1) is 0 Å². The third kappa shape index (κ3) is 5.63. The van der Waals surface area contributed by atoms with Crippen LogP contribution in [0.1, 0.15) is 15.9 Å². The highest BCUT2D eigenvalue weighted by Crippen LogP contribution is 2.30. The van der Waals surface area contributed by atoms with Crippen LogP contribution in [0.25, 0.3) is 17.3 Å². The van der Waals surface area contributed by atoms with E-state index in [-0.39, 0.29) is 5.91 Å². The molecule has 0 spiro atoms. The zero-order valence-electron chi connectivity index (χ0n) is 17.3. The zero-order chi connectivity index (χ0) is 23.1. The molecule has 8 nitrogen and oxygen atoms in total. The van der Waals surface area contributed by atoms with Crippen molar-refractivity contribution in [3.8, 4) is 22.8 Å². The standard InChI is InChI=1S/C23H20ClN3O5/c1-31-17-9-15(10-18(12-17)32-2)23(29)26-16-5-6-20(24)19(11-16)21-7-3-14(13-25-21)4-8-22(28)27-30/h3-13,30H,1-2H3,(H,26,29)(H,27,28)/b8-4+. The third-order valence-corrected chi connectivity index (χ3v) is 4.77. The van der Waals surface area contributed by atoms with Crippen molar-refractivity contribution in [1.29, 1.82) is 0 Å². The molecule has 2 aromatic carbocycles. The first kappa shape index (κ1) is 22.8. The van der Waals surface area contributed by atoms with Gasteiger partial charge in [0.2, 0.25) is 0 Å². The van der Waals surface area contributed by atoms with Crippen LogP contribution in [-0.2, 0) is 4.79 Å². The molecule has 2 amide bonds. The lowest BCUT2D eigenvalue weighted by Crippen LogP contribution is -2.14. The second-order valence-electron chi connectivity index (χ2n) is 6.54. The Morgan fingerprint density at radius 1 is 1.03 bits per heavy atom. The lowest BCUT2D eigenvalue weighted by Gasteiger charge is -2.11. The number of nitrogens with zero attached hydrogens (tertiary/aromatic N) is 1. The van der Waals surface area contributed by atoms with Crippen LogP contribution >= 0.6 is 11.6 Å². The minimum Gasteiger partial charge on any atom is -0.497 e. The quantitative estimate of drug-likeness (QED) is 0.281. The monoisotopic (exact) mass is 453 g/mol. The predicted molar refractivity (Wildman–Crippen MR) is 121 cm³/mol. The van der Waals surface area contributed by atoms with Gasteiger partial charge in [-0.05, 0) is 48.0 Å². The molecule has 3 aromatic rings. The number of ether oxygens (including phenoxy) is 2. The smallest absolute Gasteiger partial charge is 0.267 e. The predicted octanol–water partition coefficient (Wildman–Crippen LogP) is 4.19. The van der Waals surface area contributed by atoms with E-state index in [1.165, 1.54) is 31.9 Å². The van der Waals surface area contributed by atoms with Gasteiger partial charge in [-0.25, -0.2) is 5.48 Å². The number of carbonyl (C=O) groups excluding carboxylic acids is 2. The number of hydroxylamine groups is 1. The maximum absolute atomic E-state index is 12.8. The molecule has 1 aromatic heterocycles. The zero-order valence-corrected chi connectivity index (χ0v) is 18.0. The van der Waals surface area contributed by atoms with Gasteiger partial charge in [-0.2, -0.15) is 0 Å². The largest absolute Gasteiger partial charge is 0.497 e. The fourth-order valence-corrected chi connectivity index (χ4v) is 3.03. The van der Waals surface area contributed by atoms with E-state index in [4.69, 9.17) is 26.3 Å². The molecule has 32 heavy (non-hydrogen) atoms. The van der Waals surface area contributed by atoms with Gasteiger partial charge in [0.15, 0.2) is 0 Å². The number of nitrogens with one attached hydrogen (secondary N) is 2. The summed E-state index contributed by atoms with van der Waals surface area (Å²) in [6.45, 7) is 0. The fourth-order valence-electron chi connectivity index (χ4n) is 2.81. The molecule has 0 aliphatic carbocycles. The minimum absolute atomic E-state index is 0.342. The summed E-state index contributed by atoms with van der Waals surface area (Å²) in [5.41, 5.74) is 4.28. The van der Waals surface area contributed by atoms with Crippen molar-refractivity contribution in [2.75, 3.05) is 19.5 Å². The van der Waals surface area contributed by atoms with Crippen molar-refractivity contribution in [3.05, 3.63) is 77.0 Å². The number of anilines is 1. The van der Waals surface area contributed by atoms with Gasteiger partial charge >= 0.3 is 0 Å². The number of hydrogen-bond acceptors (Lipinski definition) is 6. The lowest BCUT2D eigenvalue weighted by atomic mass is 10.1. The van der Waals surface area contributed by atoms with E-state index in [0.29, 0.717) is 44.6 Å². The summed E-state index contributed by atoms with van der Waals surface area (Å²) in [5, 5.41) is 11.8. The summed E-state index contributed by atoms with van der Waals surface area (Å²) < 4.78 is 10.4. The Morgan fingerprint density at radius 3 is 2.34 bits per heavy atom. The molecule has 0 fully saturated rings. The second kappa shape index (κ2) is 10.4. The van der Waals surface area contributed by atoms with Gasteiger partial charge in [0.25, 0.3) is 11.8 Å². The number of amides is 2. The van der Waals surface area contributed by atoms with Crippen LogP contribution < -0.4 is 20.3 Å². The molecule has 0 aliphatic heterocycles. The van der Waals surface area contributed by atoms with Crippen molar-refractivity contribution in [1.82, 2.24) is 10.5 Å². The fraction of sp³-hybridized carbons (Fsp3) is 0.0870. The minimum atomic E-state index is -0.644. The number of hydrogen-bond donors (Lipinski definition) is 3. The third-order valence-electron chi connectivity index (χ3n) is 4.44. The molecule has 0 radical (unpaired) electrons. The maximum atomic E-state index is 12.8. The van der Waals surface area contributed by atoms with E-state index >= 15 is 0 Å². The average Bonchev–Trinajstić information content (AvgIpc) is 2.83. The van der Waals surface area contributed by atoms with Gasteiger partial charge in [-0.15, -0.1) is 0 Å². The van der Waals surface area contributed by atoms with Crippen LogP contribution in [0.15, 0.2) is 60.8 Å². The van der Waals surface area contributed by atoms with Crippen molar-refractivity contribution >= 4 is 35.2 Å². The average molecular weight is 454 g/mol. The molecule has 0 saturated carbocycles. The molecule has 0 unspecified atom stereocenters. The molecule has 9 heteroatoms. The Hall–Kier alpha value is -3.88. The van der Waals surface area contributed by atoms with Crippen LogP contribution in [0.3, 0.4) is 0 Å². The van der Waals surface area contributed by atoms with Crippen molar-refractivity contribution < 1.29 is 24.3 Å². The maximum Gasteiger partial charge on any atom is 0.267 e. The Kier molecular flexibility index (Phi) is 7.43. The highest BCUT2D eigenvalue weighted by molar-refractivity contribution is 6.33. The van der Waals surface area contributed by atoms with E-state index in [1.54, 1.807) is 54.7 Å². The number of rotatable bonds is 7. The van der Waals surface area contributed by atoms with Crippen molar-refractivity contribution in [2.24, 2.45) is 0 Å². The number of aromatic nitrogens is 1. The summed E-state index contributed by atoms with van der Waals surface area (Å²) in [7, 11) is 3.02.